The summed E-state index contributed by atoms with van der Waals surface area (Å²) < 4.78 is 0. The molecule has 0 heterocycles. The van der Waals surface area contributed by atoms with Crippen LogP contribution in [0.2, 0.25) is 0 Å². The molecular weight excluding hydrogens is 202 g/mol. The topological polar surface area (TPSA) is 64.9 Å². The van der Waals surface area contributed by atoms with Gasteiger partial charge in [-0.15, -0.1) is 0 Å². The number of para-hydroxylation sites is 1. The minimum atomic E-state index is -0.129. The predicted molar refractivity (Wildman–Crippen MR) is 62.9 cm³/mol. The van der Waals surface area contributed by atoms with Crippen molar-refractivity contribution in [1.29, 1.82) is 5.26 Å². The summed E-state index contributed by atoms with van der Waals surface area (Å²) >= 11 is 0. The average Bonchev–Trinajstić information content (AvgIpc) is 2.30. The van der Waals surface area contributed by atoms with Gasteiger partial charge < -0.3 is 10.6 Å². The van der Waals surface area contributed by atoms with Gasteiger partial charge in [0.25, 0.3) is 0 Å². The van der Waals surface area contributed by atoms with E-state index in [0.717, 1.165) is 13.0 Å². The molecule has 1 aromatic rings. The summed E-state index contributed by atoms with van der Waals surface area (Å²) in [5, 5.41) is 14.5. The van der Waals surface area contributed by atoms with Crippen molar-refractivity contribution in [1.82, 2.24) is 5.32 Å². The highest BCUT2D eigenvalue weighted by Crippen LogP contribution is 2.12. The Balaban J connectivity index is 2.53. The van der Waals surface area contributed by atoms with Gasteiger partial charge >= 0.3 is 0 Å². The Bertz CT molecular complexity index is 395. The first kappa shape index (κ1) is 12.2. The molecular formula is C12H15N3O. The van der Waals surface area contributed by atoms with Crippen molar-refractivity contribution in [2.24, 2.45) is 0 Å². The molecule has 0 aromatic heterocycles. The summed E-state index contributed by atoms with van der Waals surface area (Å²) in [4.78, 5) is 11.5. The van der Waals surface area contributed by atoms with Gasteiger partial charge in [0.2, 0.25) is 5.91 Å². The number of hydrogen-bond acceptors (Lipinski definition) is 3. The van der Waals surface area contributed by atoms with E-state index in [-0.39, 0.29) is 12.5 Å². The van der Waals surface area contributed by atoms with E-state index < -0.39 is 0 Å². The molecule has 84 valence electrons. The number of carbonyl (C=O) groups excluding carboxylic acids is 1. The van der Waals surface area contributed by atoms with Crippen LogP contribution < -0.4 is 10.6 Å². The quantitative estimate of drug-likeness (QED) is 0.734. The van der Waals surface area contributed by atoms with Gasteiger partial charge in [0.1, 0.15) is 6.07 Å². The van der Waals surface area contributed by atoms with Gasteiger partial charge in [-0.3, -0.25) is 4.79 Å². The van der Waals surface area contributed by atoms with E-state index in [1.165, 1.54) is 0 Å². The van der Waals surface area contributed by atoms with Crippen LogP contribution in [0.25, 0.3) is 0 Å². The van der Waals surface area contributed by atoms with E-state index in [9.17, 15) is 4.79 Å². The fourth-order valence-corrected chi connectivity index (χ4v) is 1.26. The number of nitrogens with one attached hydrogen (secondary N) is 2. The molecule has 0 aliphatic rings. The normalized spacial score (nSPS) is 9.50. The van der Waals surface area contributed by atoms with E-state index >= 15 is 0 Å². The zero-order valence-corrected chi connectivity index (χ0v) is 9.29. The van der Waals surface area contributed by atoms with Gasteiger partial charge in [-0.05, 0) is 25.1 Å². The van der Waals surface area contributed by atoms with Crippen LogP contribution in [0.15, 0.2) is 24.3 Å². The molecule has 2 N–H and O–H groups in total. The van der Waals surface area contributed by atoms with Gasteiger partial charge in [0.15, 0.2) is 0 Å². The number of benzene rings is 1. The maximum absolute atomic E-state index is 11.5. The van der Waals surface area contributed by atoms with Crippen LogP contribution >= 0.6 is 0 Å². The summed E-state index contributed by atoms with van der Waals surface area (Å²) in [5.74, 6) is -0.129. The van der Waals surface area contributed by atoms with Crippen molar-refractivity contribution < 1.29 is 4.79 Å². The van der Waals surface area contributed by atoms with Crippen LogP contribution in [0.4, 0.5) is 5.69 Å². The lowest BCUT2D eigenvalue weighted by atomic mass is 10.2. The fourth-order valence-electron chi connectivity index (χ4n) is 1.26. The fraction of sp³-hybridized carbons (Fsp3) is 0.333. The van der Waals surface area contributed by atoms with Gasteiger partial charge in [-0.2, -0.15) is 5.26 Å². The Morgan fingerprint density at radius 3 is 2.88 bits per heavy atom. The molecule has 0 saturated carbocycles. The molecule has 0 saturated heterocycles. The summed E-state index contributed by atoms with van der Waals surface area (Å²) in [5.41, 5.74) is 1.04. The van der Waals surface area contributed by atoms with Gasteiger partial charge in [-0.25, -0.2) is 0 Å². The highest BCUT2D eigenvalue weighted by Gasteiger charge is 2.04. The van der Waals surface area contributed by atoms with Crippen molar-refractivity contribution in [3.05, 3.63) is 29.8 Å². The Kier molecular flexibility index (Phi) is 5.03. The molecule has 0 unspecified atom stereocenters. The smallest absolute Gasteiger partial charge is 0.238 e. The monoisotopic (exact) mass is 217 g/mol. The number of nitriles is 1. The largest absolute Gasteiger partial charge is 0.324 e. The van der Waals surface area contributed by atoms with Crippen molar-refractivity contribution in [3.8, 4) is 6.07 Å². The number of rotatable bonds is 5. The number of anilines is 1. The Morgan fingerprint density at radius 1 is 1.44 bits per heavy atom. The molecule has 4 heteroatoms. The standard InChI is InChI=1S/C12H15N3O/c1-2-7-14-9-12(16)15-11-6-4-3-5-10(11)8-13/h3-6,14H,2,7,9H2,1H3,(H,15,16). The Morgan fingerprint density at radius 2 is 2.19 bits per heavy atom. The third-order valence-corrected chi connectivity index (χ3v) is 2.03. The molecule has 1 rings (SSSR count). The Hall–Kier alpha value is -1.86. The summed E-state index contributed by atoms with van der Waals surface area (Å²) in [6.45, 7) is 3.12. The first-order chi connectivity index (χ1) is 7.77. The summed E-state index contributed by atoms with van der Waals surface area (Å²) in [6.07, 6.45) is 0.988. The van der Waals surface area contributed by atoms with Crippen molar-refractivity contribution in [3.63, 3.8) is 0 Å². The molecule has 1 amide bonds. The van der Waals surface area contributed by atoms with Crippen LogP contribution in [0.3, 0.4) is 0 Å². The summed E-state index contributed by atoms with van der Waals surface area (Å²) in [7, 11) is 0. The molecule has 0 atom stereocenters. The molecule has 1 aromatic carbocycles. The summed E-state index contributed by atoms with van der Waals surface area (Å²) in [6, 6.07) is 8.98. The van der Waals surface area contributed by atoms with E-state index in [2.05, 4.69) is 10.6 Å². The molecule has 0 bridgehead atoms. The van der Waals surface area contributed by atoms with Crippen molar-refractivity contribution in [2.45, 2.75) is 13.3 Å². The highest BCUT2D eigenvalue weighted by atomic mass is 16.1. The number of amides is 1. The van der Waals surface area contributed by atoms with Crippen LogP contribution in [0, 0.1) is 11.3 Å². The zero-order valence-electron chi connectivity index (χ0n) is 9.29. The zero-order chi connectivity index (χ0) is 11.8. The van der Waals surface area contributed by atoms with Gasteiger partial charge in [0, 0.05) is 0 Å². The second-order valence-electron chi connectivity index (χ2n) is 3.38. The van der Waals surface area contributed by atoms with Gasteiger partial charge in [-0.1, -0.05) is 19.1 Å². The number of carbonyl (C=O) groups is 1. The van der Waals surface area contributed by atoms with Crippen LogP contribution in [0.5, 0.6) is 0 Å². The number of nitrogens with zero attached hydrogens (tertiary/aromatic N) is 1. The first-order valence-corrected chi connectivity index (χ1v) is 5.27. The minimum Gasteiger partial charge on any atom is -0.324 e. The molecule has 0 fully saturated rings. The van der Waals surface area contributed by atoms with Crippen molar-refractivity contribution >= 4 is 11.6 Å². The minimum absolute atomic E-state index is 0.129. The highest BCUT2D eigenvalue weighted by molar-refractivity contribution is 5.93. The number of hydrogen-bond donors (Lipinski definition) is 2. The lowest BCUT2D eigenvalue weighted by Crippen LogP contribution is -2.28. The van der Waals surface area contributed by atoms with Crippen LogP contribution in [0.1, 0.15) is 18.9 Å². The predicted octanol–water partition coefficient (Wildman–Crippen LogP) is 1.50. The Labute approximate surface area is 95.3 Å². The maximum Gasteiger partial charge on any atom is 0.238 e. The molecule has 0 spiro atoms. The van der Waals surface area contributed by atoms with Crippen LogP contribution in [-0.2, 0) is 4.79 Å². The van der Waals surface area contributed by atoms with E-state index in [4.69, 9.17) is 5.26 Å². The maximum atomic E-state index is 11.5. The first-order valence-electron chi connectivity index (χ1n) is 5.27. The second kappa shape index (κ2) is 6.59. The molecule has 0 radical (unpaired) electrons. The van der Waals surface area contributed by atoms with E-state index in [0.29, 0.717) is 11.3 Å². The molecule has 4 nitrogen and oxygen atoms in total. The third-order valence-electron chi connectivity index (χ3n) is 2.03. The van der Waals surface area contributed by atoms with Gasteiger partial charge in [0.05, 0.1) is 17.8 Å². The lowest BCUT2D eigenvalue weighted by Gasteiger charge is -2.07. The average molecular weight is 217 g/mol. The third kappa shape index (κ3) is 3.71. The second-order valence-corrected chi connectivity index (χ2v) is 3.38. The molecule has 0 aliphatic carbocycles. The molecule has 0 aliphatic heterocycles. The van der Waals surface area contributed by atoms with E-state index in [1.807, 2.05) is 13.0 Å². The lowest BCUT2D eigenvalue weighted by molar-refractivity contribution is -0.115. The molecule has 16 heavy (non-hydrogen) atoms. The van der Waals surface area contributed by atoms with Crippen LogP contribution in [-0.4, -0.2) is 19.0 Å². The van der Waals surface area contributed by atoms with Crippen molar-refractivity contribution in [2.75, 3.05) is 18.4 Å². The van der Waals surface area contributed by atoms with E-state index in [1.54, 1.807) is 24.3 Å². The SMILES string of the molecule is CCCNCC(=O)Nc1ccccc1C#N.